The molecule has 0 fully saturated rings. The summed E-state index contributed by atoms with van der Waals surface area (Å²) in [5.74, 6) is 0.934. The van der Waals surface area contributed by atoms with Crippen LogP contribution in [-0.2, 0) is 9.53 Å². The Morgan fingerprint density at radius 1 is 1.47 bits per heavy atom. The summed E-state index contributed by atoms with van der Waals surface area (Å²) in [6.45, 7) is 8.05. The molecule has 0 saturated carbocycles. The maximum Gasteiger partial charge on any atom is 0.246 e. The van der Waals surface area contributed by atoms with Crippen LogP contribution in [0.15, 0.2) is 0 Å². The molecule has 0 spiro atoms. The highest BCUT2D eigenvalue weighted by Gasteiger charge is 2.14. The minimum Gasteiger partial charge on any atom is -0.366 e. The SMILES string of the molecule is CCC(CSC)NC(=O)COC(C)(C)C. The minimum absolute atomic E-state index is 0.0224. The third-order valence-corrected chi connectivity index (χ3v) is 2.60. The lowest BCUT2D eigenvalue weighted by atomic mass is 10.2. The second-order valence-electron chi connectivity index (χ2n) is 4.53. The standard InChI is InChI=1S/C11H23NO2S/c1-6-9(8-15-5)12-10(13)7-14-11(2,3)4/h9H,6-8H2,1-5H3,(H,12,13). The van der Waals surface area contributed by atoms with Crippen molar-refractivity contribution in [2.75, 3.05) is 18.6 Å². The molecular weight excluding hydrogens is 210 g/mol. The summed E-state index contributed by atoms with van der Waals surface area (Å²) >= 11 is 1.74. The van der Waals surface area contributed by atoms with Crippen LogP contribution in [0.3, 0.4) is 0 Å². The molecule has 1 unspecified atom stereocenters. The van der Waals surface area contributed by atoms with Crippen LogP contribution in [0.1, 0.15) is 34.1 Å². The molecule has 1 atom stereocenters. The number of carbonyl (C=O) groups excluding carboxylic acids is 1. The van der Waals surface area contributed by atoms with Crippen LogP contribution in [0, 0.1) is 0 Å². The molecular formula is C11H23NO2S. The maximum absolute atomic E-state index is 11.5. The number of carbonyl (C=O) groups is 1. The van der Waals surface area contributed by atoms with Gasteiger partial charge >= 0.3 is 0 Å². The van der Waals surface area contributed by atoms with Crippen molar-refractivity contribution in [3.63, 3.8) is 0 Å². The largest absolute Gasteiger partial charge is 0.366 e. The van der Waals surface area contributed by atoms with Crippen molar-refractivity contribution in [1.29, 1.82) is 0 Å². The van der Waals surface area contributed by atoms with E-state index in [1.807, 2.05) is 27.0 Å². The van der Waals surface area contributed by atoms with E-state index in [9.17, 15) is 4.79 Å². The number of hydrogen-bond donors (Lipinski definition) is 1. The summed E-state index contributed by atoms with van der Waals surface area (Å²) in [6, 6.07) is 0.260. The van der Waals surface area contributed by atoms with Crippen LogP contribution in [0.5, 0.6) is 0 Å². The van der Waals surface area contributed by atoms with Crippen molar-refractivity contribution < 1.29 is 9.53 Å². The van der Waals surface area contributed by atoms with Crippen LogP contribution in [0.2, 0.25) is 0 Å². The smallest absolute Gasteiger partial charge is 0.246 e. The fourth-order valence-electron chi connectivity index (χ4n) is 1.01. The Kier molecular flexibility index (Phi) is 7.02. The summed E-state index contributed by atoms with van der Waals surface area (Å²) in [5, 5.41) is 2.96. The molecule has 0 aliphatic heterocycles. The molecule has 1 amide bonds. The van der Waals surface area contributed by atoms with E-state index < -0.39 is 0 Å². The van der Waals surface area contributed by atoms with Crippen molar-refractivity contribution in [2.45, 2.75) is 45.8 Å². The van der Waals surface area contributed by atoms with Gasteiger partial charge in [0.15, 0.2) is 0 Å². The molecule has 0 aliphatic carbocycles. The lowest BCUT2D eigenvalue weighted by molar-refractivity contribution is -0.131. The van der Waals surface area contributed by atoms with E-state index in [0.717, 1.165) is 12.2 Å². The molecule has 90 valence electrons. The van der Waals surface area contributed by atoms with E-state index in [2.05, 4.69) is 12.2 Å². The van der Waals surface area contributed by atoms with E-state index in [4.69, 9.17) is 4.74 Å². The van der Waals surface area contributed by atoms with Crippen molar-refractivity contribution in [1.82, 2.24) is 5.32 Å². The second-order valence-corrected chi connectivity index (χ2v) is 5.44. The fourth-order valence-corrected chi connectivity index (χ4v) is 1.74. The van der Waals surface area contributed by atoms with Crippen molar-refractivity contribution >= 4 is 17.7 Å². The van der Waals surface area contributed by atoms with Crippen molar-refractivity contribution in [3.8, 4) is 0 Å². The molecule has 3 nitrogen and oxygen atoms in total. The second kappa shape index (κ2) is 7.12. The first kappa shape index (κ1) is 14.8. The van der Waals surface area contributed by atoms with Gasteiger partial charge in [-0.1, -0.05) is 6.92 Å². The van der Waals surface area contributed by atoms with Gasteiger partial charge < -0.3 is 10.1 Å². The number of nitrogens with one attached hydrogen (secondary N) is 1. The molecule has 1 N–H and O–H groups in total. The highest BCUT2D eigenvalue weighted by molar-refractivity contribution is 7.98. The Hall–Kier alpha value is -0.220. The van der Waals surface area contributed by atoms with Crippen molar-refractivity contribution in [2.24, 2.45) is 0 Å². The van der Waals surface area contributed by atoms with E-state index >= 15 is 0 Å². The first-order valence-electron chi connectivity index (χ1n) is 5.31. The monoisotopic (exact) mass is 233 g/mol. The number of ether oxygens (including phenoxy) is 1. The van der Waals surface area contributed by atoms with Gasteiger partial charge in [0.25, 0.3) is 0 Å². The minimum atomic E-state index is -0.251. The zero-order valence-corrected chi connectivity index (χ0v) is 11.2. The number of rotatable bonds is 6. The van der Waals surface area contributed by atoms with Gasteiger partial charge in [-0.05, 0) is 33.4 Å². The van der Waals surface area contributed by atoms with E-state index in [1.165, 1.54) is 0 Å². The lowest BCUT2D eigenvalue weighted by Gasteiger charge is -2.21. The average molecular weight is 233 g/mol. The van der Waals surface area contributed by atoms with E-state index in [-0.39, 0.29) is 24.2 Å². The van der Waals surface area contributed by atoms with Crippen LogP contribution in [0.4, 0.5) is 0 Å². The number of amides is 1. The molecule has 0 aromatic heterocycles. The Bertz CT molecular complexity index is 190. The normalized spacial score (nSPS) is 13.7. The van der Waals surface area contributed by atoms with Gasteiger partial charge in [-0.15, -0.1) is 0 Å². The first-order chi connectivity index (χ1) is 6.89. The molecule has 4 heteroatoms. The molecule has 0 saturated heterocycles. The van der Waals surface area contributed by atoms with Gasteiger partial charge in [0, 0.05) is 11.8 Å². The Balaban J connectivity index is 3.81. The zero-order chi connectivity index (χ0) is 11.9. The molecule has 0 aromatic carbocycles. The van der Waals surface area contributed by atoms with Gasteiger partial charge in [0.2, 0.25) is 5.91 Å². The highest BCUT2D eigenvalue weighted by Crippen LogP contribution is 2.06. The van der Waals surface area contributed by atoms with Crippen LogP contribution >= 0.6 is 11.8 Å². The summed E-state index contributed by atoms with van der Waals surface area (Å²) in [6.07, 6.45) is 3.00. The first-order valence-corrected chi connectivity index (χ1v) is 6.70. The zero-order valence-electron chi connectivity index (χ0n) is 10.4. The van der Waals surface area contributed by atoms with E-state index in [0.29, 0.717) is 0 Å². The van der Waals surface area contributed by atoms with Crippen LogP contribution in [0.25, 0.3) is 0 Å². The molecule has 0 aromatic rings. The molecule has 15 heavy (non-hydrogen) atoms. The quantitative estimate of drug-likeness (QED) is 0.763. The van der Waals surface area contributed by atoms with Gasteiger partial charge in [-0.3, -0.25) is 4.79 Å². The molecule has 0 radical (unpaired) electrons. The molecule has 0 rings (SSSR count). The lowest BCUT2D eigenvalue weighted by Crippen LogP contribution is -2.39. The maximum atomic E-state index is 11.5. The summed E-state index contributed by atoms with van der Waals surface area (Å²) in [7, 11) is 0. The third-order valence-electron chi connectivity index (χ3n) is 1.86. The van der Waals surface area contributed by atoms with E-state index in [1.54, 1.807) is 11.8 Å². The van der Waals surface area contributed by atoms with Crippen LogP contribution < -0.4 is 5.32 Å². The number of thioether (sulfide) groups is 1. The van der Waals surface area contributed by atoms with Gasteiger partial charge in [-0.2, -0.15) is 11.8 Å². The molecule has 0 heterocycles. The molecule has 0 aliphatic rings. The van der Waals surface area contributed by atoms with Gasteiger partial charge in [0.1, 0.15) is 6.61 Å². The fraction of sp³-hybridized carbons (Fsp3) is 0.909. The van der Waals surface area contributed by atoms with Gasteiger partial charge in [-0.25, -0.2) is 0 Å². The topological polar surface area (TPSA) is 38.3 Å². The van der Waals surface area contributed by atoms with Gasteiger partial charge in [0.05, 0.1) is 5.60 Å². The third kappa shape index (κ3) is 8.75. The summed E-state index contributed by atoms with van der Waals surface area (Å²) in [4.78, 5) is 11.5. The Morgan fingerprint density at radius 2 is 2.07 bits per heavy atom. The van der Waals surface area contributed by atoms with Crippen LogP contribution in [-0.4, -0.2) is 36.2 Å². The molecule has 0 bridgehead atoms. The predicted octanol–water partition coefficient (Wildman–Crippen LogP) is 2.06. The Labute approximate surface area is 97.3 Å². The highest BCUT2D eigenvalue weighted by atomic mass is 32.2. The Morgan fingerprint density at radius 3 is 2.47 bits per heavy atom. The van der Waals surface area contributed by atoms with Crippen molar-refractivity contribution in [3.05, 3.63) is 0 Å². The summed E-state index contributed by atoms with van der Waals surface area (Å²) in [5.41, 5.74) is -0.251. The average Bonchev–Trinajstić information content (AvgIpc) is 2.13. The summed E-state index contributed by atoms with van der Waals surface area (Å²) < 4.78 is 5.40. The number of hydrogen-bond acceptors (Lipinski definition) is 3. The predicted molar refractivity (Wildman–Crippen MR) is 66.3 cm³/mol.